The molecule has 1 aromatic carbocycles. The van der Waals surface area contributed by atoms with Crippen LogP contribution in [0.1, 0.15) is 12.0 Å². The van der Waals surface area contributed by atoms with Crippen molar-refractivity contribution in [1.29, 1.82) is 0 Å². The van der Waals surface area contributed by atoms with Gasteiger partial charge < -0.3 is 0 Å². The smallest absolute Gasteiger partial charge is 0.256 e. The average Bonchev–Trinajstić information content (AvgIpc) is 2.30. The molecular formula is C12H9F2N. The molecule has 0 saturated heterocycles. The Morgan fingerprint density at radius 1 is 0.933 bits per heavy atom. The zero-order valence-electron chi connectivity index (χ0n) is 7.90. The standard InChI is InChI=1S/C12H9F2N/c13-12(14)10-6-2-1-5-9(10)11-7-3-4-8-15-11/h1-8,12H. The first-order chi connectivity index (χ1) is 7.29. The highest BCUT2D eigenvalue weighted by atomic mass is 19.3. The number of hydrogen-bond acceptors (Lipinski definition) is 1. The van der Waals surface area contributed by atoms with Gasteiger partial charge in [-0.05, 0) is 12.1 Å². The van der Waals surface area contributed by atoms with Gasteiger partial charge >= 0.3 is 0 Å². The Hall–Kier alpha value is -1.77. The van der Waals surface area contributed by atoms with Gasteiger partial charge in [-0.15, -0.1) is 0 Å². The largest absolute Gasteiger partial charge is 0.264 e. The minimum Gasteiger partial charge on any atom is -0.256 e. The Labute approximate surface area is 86.4 Å². The highest BCUT2D eigenvalue weighted by Gasteiger charge is 2.13. The molecule has 0 atom stereocenters. The van der Waals surface area contributed by atoms with Crippen LogP contribution in [0.15, 0.2) is 48.7 Å². The summed E-state index contributed by atoms with van der Waals surface area (Å²) in [5.74, 6) is 0. The van der Waals surface area contributed by atoms with Gasteiger partial charge in [0.05, 0.1) is 5.69 Å². The van der Waals surface area contributed by atoms with Gasteiger partial charge in [0.1, 0.15) is 0 Å². The molecule has 0 fully saturated rings. The Morgan fingerprint density at radius 3 is 2.33 bits per heavy atom. The topological polar surface area (TPSA) is 12.9 Å². The van der Waals surface area contributed by atoms with Crippen LogP contribution in [-0.2, 0) is 0 Å². The summed E-state index contributed by atoms with van der Waals surface area (Å²) in [7, 11) is 0. The van der Waals surface area contributed by atoms with Gasteiger partial charge in [0.15, 0.2) is 0 Å². The number of benzene rings is 1. The van der Waals surface area contributed by atoms with Crippen LogP contribution in [0.3, 0.4) is 0 Å². The molecule has 1 aromatic heterocycles. The fourth-order valence-electron chi connectivity index (χ4n) is 1.44. The molecule has 1 heterocycles. The highest BCUT2D eigenvalue weighted by molar-refractivity contribution is 5.63. The van der Waals surface area contributed by atoms with E-state index in [0.717, 1.165) is 0 Å². The van der Waals surface area contributed by atoms with Gasteiger partial charge in [0, 0.05) is 17.3 Å². The first-order valence-corrected chi connectivity index (χ1v) is 4.57. The summed E-state index contributed by atoms with van der Waals surface area (Å²) in [6.45, 7) is 0. The maximum Gasteiger partial charge on any atom is 0.264 e. The van der Waals surface area contributed by atoms with Crippen LogP contribution < -0.4 is 0 Å². The molecule has 0 aliphatic carbocycles. The van der Waals surface area contributed by atoms with Crippen LogP contribution in [0.25, 0.3) is 11.3 Å². The van der Waals surface area contributed by atoms with E-state index in [0.29, 0.717) is 11.3 Å². The van der Waals surface area contributed by atoms with E-state index < -0.39 is 6.43 Å². The Morgan fingerprint density at radius 2 is 1.67 bits per heavy atom. The number of aromatic nitrogens is 1. The monoisotopic (exact) mass is 205 g/mol. The van der Waals surface area contributed by atoms with E-state index in [-0.39, 0.29) is 5.56 Å². The summed E-state index contributed by atoms with van der Waals surface area (Å²) in [6.07, 6.45) is -0.874. The lowest BCUT2D eigenvalue weighted by Gasteiger charge is -2.07. The number of pyridine rings is 1. The van der Waals surface area contributed by atoms with Crippen LogP contribution >= 0.6 is 0 Å². The molecule has 3 heteroatoms. The molecule has 0 radical (unpaired) electrons. The van der Waals surface area contributed by atoms with Crippen molar-refractivity contribution in [1.82, 2.24) is 4.98 Å². The summed E-state index contributed by atoms with van der Waals surface area (Å²) in [4.78, 5) is 4.06. The minimum atomic E-state index is -2.47. The molecule has 1 nitrogen and oxygen atoms in total. The second-order valence-corrected chi connectivity index (χ2v) is 3.10. The minimum absolute atomic E-state index is 0.0243. The molecular weight excluding hydrogens is 196 g/mol. The summed E-state index contributed by atoms with van der Waals surface area (Å²) in [5.41, 5.74) is 1.10. The maximum absolute atomic E-state index is 12.7. The summed E-state index contributed by atoms with van der Waals surface area (Å²) in [5, 5.41) is 0. The molecule has 0 aliphatic heterocycles. The molecule has 2 rings (SSSR count). The van der Waals surface area contributed by atoms with E-state index in [4.69, 9.17) is 0 Å². The number of nitrogens with zero attached hydrogens (tertiary/aromatic N) is 1. The third kappa shape index (κ3) is 2.01. The fraction of sp³-hybridized carbons (Fsp3) is 0.0833. The van der Waals surface area contributed by atoms with E-state index in [9.17, 15) is 8.78 Å². The summed E-state index contributed by atoms with van der Waals surface area (Å²) in [6, 6.07) is 11.7. The third-order valence-corrected chi connectivity index (χ3v) is 2.14. The fourth-order valence-corrected chi connectivity index (χ4v) is 1.44. The normalized spacial score (nSPS) is 10.6. The lowest BCUT2D eigenvalue weighted by Crippen LogP contribution is -1.91. The van der Waals surface area contributed by atoms with Crippen LogP contribution in [0.2, 0.25) is 0 Å². The molecule has 0 aliphatic rings. The predicted octanol–water partition coefficient (Wildman–Crippen LogP) is 3.69. The van der Waals surface area contributed by atoms with Crippen molar-refractivity contribution in [3.63, 3.8) is 0 Å². The van der Waals surface area contributed by atoms with E-state index in [1.807, 2.05) is 0 Å². The van der Waals surface area contributed by atoms with Crippen molar-refractivity contribution in [3.05, 3.63) is 54.2 Å². The van der Waals surface area contributed by atoms with Gasteiger partial charge in [0.25, 0.3) is 6.43 Å². The molecule has 0 bridgehead atoms. The van der Waals surface area contributed by atoms with Gasteiger partial charge in [-0.2, -0.15) is 0 Å². The van der Waals surface area contributed by atoms with E-state index in [1.165, 1.54) is 6.07 Å². The lowest BCUT2D eigenvalue weighted by molar-refractivity contribution is 0.152. The van der Waals surface area contributed by atoms with Crippen LogP contribution in [0.5, 0.6) is 0 Å². The zero-order valence-corrected chi connectivity index (χ0v) is 7.90. The first kappa shape index (κ1) is 9.77. The lowest BCUT2D eigenvalue weighted by atomic mass is 10.0. The zero-order chi connectivity index (χ0) is 10.7. The van der Waals surface area contributed by atoms with E-state index >= 15 is 0 Å². The summed E-state index contributed by atoms with van der Waals surface area (Å²) < 4.78 is 25.4. The van der Waals surface area contributed by atoms with Gasteiger partial charge in [-0.1, -0.05) is 30.3 Å². The highest BCUT2D eigenvalue weighted by Crippen LogP contribution is 2.29. The number of alkyl halides is 2. The van der Waals surface area contributed by atoms with Crippen molar-refractivity contribution >= 4 is 0 Å². The number of rotatable bonds is 2. The second kappa shape index (κ2) is 4.17. The molecule has 2 aromatic rings. The third-order valence-electron chi connectivity index (χ3n) is 2.14. The van der Waals surface area contributed by atoms with Gasteiger partial charge in [-0.25, -0.2) is 8.78 Å². The molecule has 0 saturated carbocycles. The van der Waals surface area contributed by atoms with Crippen molar-refractivity contribution < 1.29 is 8.78 Å². The van der Waals surface area contributed by atoms with Crippen molar-refractivity contribution in [3.8, 4) is 11.3 Å². The van der Waals surface area contributed by atoms with Crippen molar-refractivity contribution in [2.24, 2.45) is 0 Å². The Bertz CT molecular complexity index is 440. The van der Waals surface area contributed by atoms with Crippen LogP contribution in [-0.4, -0.2) is 4.98 Å². The molecule has 0 N–H and O–H groups in total. The Kier molecular flexibility index (Phi) is 2.72. The molecule has 0 spiro atoms. The number of hydrogen-bond donors (Lipinski definition) is 0. The van der Waals surface area contributed by atoms with Crippen LogP contribution in [0, 0.1) is 0 Å². The Balaban J connectivity index is 2.53. The molecule has 0 amide bonds. The quantitative estimate of drug-likeness (QED) is 0.728. The predicted molar refractivity (Wildman–Crippen MR) is 54.6 cm³/mol. The first-order valence-electron chi connectivity index (χ1n) is 4.57. The van der Waals surface area contributed by atoms with Crippen molar-refractivity contribution in [2.75, 3.05) is 0 Å². The van der Waals surface area contributed by atoms with Gasteiger partial charge in [-0.3, -0.25) is 4.98 Å². The molecule has 15 heavy (non-hydrogen) atoms. The molecule has 0 unspecified atom stereocenters. The van der Waals surface area contributed by atoms with E-state index in [1.54, 1.807) is 42.6 Å². The second-order valence-electron chi connectivity index (χ2n) is 3.10. The van der Waals surface area contributed by atoms with E-state index in [2.05, 4.69) is 4.98 Å². The molecule has 76 valence electrons. The number of halogens is 2. The maximum atomic E-state index is 12.7. The summed E-state index contributed by atoms with van der Waals surface area (Å²) >= 11 is 0. The van der Waals surface area contributed by atoms with Crippen LogP contribution in [0.4, 0.5) is 8.78 Å². The van der Waals surface area contributed by atoms with Crippen molar-refractivity contribution in [2.45, 2.75) is 6.43 Å². The SMILES string of the molecule is FC(F)c1ccccc1-c1ccccn1. The average molecular weight is 205 g/mol. The van der Waals surface area contributed by atoms with Gasteiger partial charge in [0.2, 0.25) is 0 Å².